The van der Waals surface area contributed by atoms with Gasteiger partial charge < -0.3 is 4.98 Å². The second kappa shape index (κ2) is 4.92. The van der Waals surface area contributed by atoms with Crippen LogP contribution in [0.15, 0.2) is 4.79 Å². The molecule has 0 aliphatic carbocycles. The van der Waals surface area contributed by atoms with E-state index in [1.165, 1.54) is 0 Å². The fourth-order valence-electron chi connectivity index (χ4n) is 1.95. The highest BCUT2D eigenvalue weighted by Crippen LogP contribution is 2.19. The van der Waals surface area contributed by atoms with E-state index in [9.17, 15) is 4.79 Å². The van der Waals surface area contributed by atoms with Crippen LogP contribution < -0.4 is 5.56 Å². The number of nitrogens with one attached hydrogen (secondary N) is 2. The van der Waals surface area contributed by atoms with Crippen LogP contribution in [0.5, 0.6) is 0 Å². The minimum absolute atomic E-state index is 0.151. The van der Waals surface area contributed by atoms with Gasteiger partial charge in [-0.3, -0.25) is 9.89 Å². The second-order valence-electron chi connectivity index (χ2n) is 5.22. The quantitative estimate of drug-likeness (QED) is 0.872. The highest BCUT2D eigenvalue weighted by atomic mass is 16.1. The third-order valence-corrected chi connectivity index (χ3v) is 3.30. The van der Waals surface area contributed by atoms with E-state index in [1.54, 1.807) is 0 Å². The van der Waals surface area contributed by atoms with Crippen molar-refractivity contribution >= 4 is 11.0 Å². The number of aromatic nitrogens is 4. The smallest absolute Gasteiger partial charge is 0.279 e. The zero-order valence-corrected chi connectivity index (χ0v) is 11.4. The van der Waals surface area contributed by atoms with Gasteiger partial charge >= 0.3 is 0 Å². The molecular formula is C13H20N4O. The van der Waals surface area contributed by atoms with Gasteiger partial charge in [-0.15, -0.1) is 0 Å². The van der Waals surface area contributed by atoms with E-state index < -0.39 is 0 Å². The molecule has 5 nitrogen and oxygen atoms in total. The van der Waals surface area contributed by atoms with Crippen LogP contribution >= 0.6 is 0 Å². The molecule has 2 heterocycles. The third kappa shape index (κ3) is 2.30. The molecule has 2 rings (SSSR count). The fourth-order valence-corrected chi connectivity index (χ4v) is 1.95. The summed E-state index contributed by atoms with van der Waals surface area (Å²) >= 11 is 0. The maximum atomic E-state index is 11.9. The molecule has 2 aromatic heterocycles. The zero-order valence-electron chi connectivity index (χ0n) is 11.4. The van der Waals surface area contributed by atoms with Gasteiger partial charge in [-0.2, -0.15) is 5.10 Å². The Labute approximate surface area is 106 Å². The van der Waals surface area contributed by atoms with Crippen LogP contribution in [0.2, 0.25) is 0 Å². The monoisotopic (exact) mass is 248 g/mol. The molecule has 2 N–H and O–H groups in total. The van der Waals surface area contributed by atoms with Crippen LogP contribution in [-0.2, 0) is 6.42 Å². The SMILES string of the molecule is CCC(C)Cc1nc2c(C(C)C)[nH]nc2c(=O)[nH]1. The number of nitrogens with zero attached hydrogens (tertiary/aromatic N) is 2. The molecule has 0 saturated heterocycles. The van der Waals surface area contributed by atoms with Gasteiger partial charge in [0.2, 0.25) is 0 Å². The normalized spacial score (nSPS) is 13.4. The van der Waals surface area contributed by atoms with Crippen molar-refractivity contribution in [2.24, 2.45) is 5.92 Å². The number of rotatable bonds is 4. The van der Waals surface area contributed by atoms with Gasteiger partial charge in [0, 0.05) is 6.42 Å². The first-order valence-corrected chi connectivity index (χ1v) is 6.50. The largest absolute Gasteiger partial charge is 0.309 e. The summed E-state index contributed by atoms with van der Waals surface area (Å²) in [5.74, 6) is 1.55. The van der Waals surface area contributed by atoms with Gasteiger partial charge in [0.05, 0.1) is 5.69 Å². The lowest BCUT2D eigenvalue weighted by Gasteiger charge is -2.07. The van der Waals surface area contributed by atoms with E-state index in [0.717, 1.165) is 24.4 Å². The summed E-state index contributed by atoms with van der Waals surface area (Å²) < 4.78 is 0. The van der Waals surface area contributed by atoms with Crippen molar-refractivity contribution in [3.05, 3.63) is 21.9 Å². The molecule has 0 aliphatic rings. The molecule has 18 heavy (non-hydrogen) atoms. The summed E-state index contributed by atoms with van der Waals surface area (Å²) in [6.07, 6.45) is 1.87. The average molecular weight is 248 g/mol. The maximum absolute atomic E-state index is 11.9. The second-order valence-corrected chi connectivity index (χ2v) is 5.22. The Balaban J connectivity index is 2.52. The molecule has 5 heteroatoms. The lowest BCUT2D eigenvalue weighted by molar-refractivity contribution is 0.543. The van der Waals surface area contributed by atoms with Crippen LogP contribution in [0.4, 0.5) is 0 Å². The van der Waals surface area contributed by atoms with Crippen LogP contribution in [0, 0.1) is 5.92 Å². The van der Waals surface area contributed by atoms with Crippen molar-refractivity contribution < 1.29 is 0 Å². The molecule has 1 unspecified atom stereocenters. The molecule has 0 saturated carbocycles. The Kier molecular flexibility index (Phi) is 3.50. The first-order valence-electron chi connectivity index (χ1n) is 6.50. The lowest BCUT2D eigenvalue weighted by atomic mass is 10.0. The molecule has 0 aromatic carbocycles. The van der Waals surface area contributed by atoms with Crippen LogP contribution in [0.3, 0.4) is 0 Å². The summed E-state index contributed by atoms with van der Waals surface area (Å²) in [7, 11) is 0. The van der Waals surface area contributed by atoms with E-state index in [4.69, 9.17) is 0 Å². The predicted octanol–water partition coefficient (Wildman–Crippen LogP) is 2.36. The molecule has 1 atom stereocenters. The summed E-state index contributed by atoms with van der Waals surface area (Å²) in [6.45, 7) is 8.41. The fraction of sp³-hybridized carbons (Fsp3) is 0.615. The first kappa shape index (κ1) is 12.8. The lowest BCUT2D eigenvalue weighted by Crippen LogP contribution is -2.14. The molecule has 0 aliphatic heterocycles. The summed E-state index contributed by atoms with van der Waals surface area (Å²) in [5, 5.41) is 6.96. The van der Waals surface area contributed by atoms with E-state index in [1.807, 2.05) is 0 Å². The van der Waals surface area contributed by atoms with Crippen molar-refractivity contribution in [3.8, 4) is 0 Å². The molecule has 0 fully saturated rings. The van der Waals surface area contributed by atoms with Gasteiger partial charge in [-0.1, -0.05) is 34.1 Å². The Morgan fingerprint density at radius 2 is 1.94 bits per heavy atom. The van der Waals surface area contributed by atoms with Crippen molar-refractivity contribution in [1.82, 2.24) is 20.2 Å². The molecule has 0 bridgehead atoms. The summed E-state index contributed by atoms with van der Waals surface area (Å²) in [4.78, 5) is 19.3. The number of aromatic amines is 2. The molecule has 0 spiro atoms. The average Bonchev–Trinajstić information content (AvgIpc) is 2.73. The van der Waals surface area contributed by atoms with E-state index in [0.29, 0.717) is 17.0 Å². The minimum atomic E-state index is -0.151. The van der Waals surface area contributed by atoms with Gasteiger partial charge in [0.25, 0.3) is 5.56 Å². The Morgan fingerprint density at radius 1 is 1.22 bits per heavy atom. The third-order valence-electron chi connectivity index (χ3n) is 3.30. The van der Waals surface area contributed by atoms with Gasteiger partial charge in [0.15, 0.2) is 5.52 Å². The maximum Gasteiger partial charge on any atom is 0.279 e. The van der Waals surface area contributed by atoms with Crippen molar-refractivity contribution in [2.45, 2.75) is 46.5 Å². The topological polar surface area (TPSA) is 74.4 Å². The Bertz CT molecular complexity index is 597. The summed E-state index contributed by atoms with van der Waals surface area (Å²) in [6, 6.07) is 0. The van der Waals surface area contributed by atoms with E-state index in [2.05, 4.69) is 47.9 Å². The van der Waals surface area contributed by atoms with Crippen molar-refractivity contribution in [2.75, 3.05) is 0 Å². The summed E-state index contributed by atoms with van der Waals surface area (Å²) in [5.41, 5.74) is 1.90. The number of hydrogen-bond acceptors (Lipinski definition) is 3. The molecular weight excluding hydrogens is 228 g/mol. The van der Waals surface area contributed by atoms with Crippen LogP contribution in [0.1, 0.15) is 51.6 Å². The molecule has 2 aromatic rings. The number of fused-ring (bicyclic) bond motifs is 1. The standard InChI is InChI=1S/C13H20N4O/c1-5-8(4)6-9-14-11-10(7(2)3)16-17-12(11)13(18)15-9/h7-8H,5-6H2,1-4H3,(H,16,17)(H,14,15,18). The number of hydrogen-bond donors (Lipinski definition) is 2. The minimum Gasteiger partial charge on any atom is -0.309 e. The van der Waals surface area contributed by atoms with Gasteiger partial charge in [-0.25, -0.2) is 4.98 Å². The zero-order chi connectivity index (χ0) is 13.3. The number of H-pyrrole nitrogens is 2. The van der Waals surface area contributed by atoms with Crippen molar-refractivity contribution in [1.29, 1.82) is 0 Å². The molecule has 0 radical (unpaired) electrons. The van der Waals surface area contributed by atoms with E-state index >= 15 is 0 Å². The van der Waals surface area contributed by atoms with Crippen LogP contribution in [0.25, 0.3) is 11.0 Å². The van der Waals surface area contributed by atoms with Crippen LogP contribution in [-0.4, -0.2) is 20.2 Å². The first-order chi connectivity index (χ1) is 8.52. The molecule has 98 valence electrons. The van der Waals surface area contributed by atoms with Crippen molar-refractivity contribution in [3.63, 3.8) is 0 Å². The highest BCUT2D eigenvalue weighted by molar-refractivity contribution is 5.76. The van der Waals surface area contributed by atoms with Gasteiger partial charge in [0.1, 0.15) is 11.3 Å². The molecule has 0 amide bonds. The predicted molar refractivity (Wildman–Crippen MR) is 71.8 cm³/mol. The highest BCUT2D eigenvalue weighted by Gasteiger charge is 2.15. The Morgan fingerprint density at radius 3 is 2.56 bits per heavy atom. The van der Waals surface area contributed by atoms with Gasteiger partial charge in [-0.05, 0) is 11.8 Å². The Hall–Kier alpha value is -1.65. The van der Waals surface area contributed by atoms with E-state index in [-0.39, 0.29) is 11.5 Å².